The number of carbonyl (C=O) groups excluding carboxylic acids is 2. The fourth-order valence-electron chi connectivity index (χ4n) is 11.8. The standard InChI is InChI=1S/C48H64N6O2.C2HF3O2/c55-47(51-37-16-12-33(13-17-37)26-30-53-43-20-21-44(53)40-9-2-1-8-39(40)43)49-28-24-35-6-5-7-36(32-35)25-29-50-48(56)52-38-18-14-34(15-19-38)27-31-54-45-22-23-46(54)42-11-4-3-10-41(42)45;3-2(4,5)1(6)7/h1-11,32-34,37-38,43-46H,12-31H2,(H2,49,51,55)(H2,50,52,56);(H,6,7)/t33?,34?,37?,38?,43-,44+,45-,46+;. The number of hydrogen-bond donors (Lipinski definition) is 5. The summed E-state index contributed by atoms with van der Waals surface area (Å²) in [5.41, 5.74) is 8.73. The van der Waals surface area contributed by atoms with Crippen molar-refractivity contribution in [3.63, 3.8) is 0 Å². The van der Waals surface area contributed by atoms with E-state index in [0.29, 0.717) is 37.3 Å². The molecule has 3 aromatic carbocycles. The van der Waals surface area contributed by atoms with Crippen LogP contribution in [-0.4, -0.2) is 77.4 Å². The quantitative estimate of drug-likeness (QED) is 0.110. The molecule has 2 saturated heterocycles. The van der Waals surface area contributed by atoms with E-state index in [4.69, 9.17) is 9.90 Å². The number of nitrogens with zero attached hydrogens (tertiary/aromatic N) is 2. The van der Waals surface area contributed by atoms with Crippen LogP contribution in [0.15, 0.2) is 72.8 Å². The highest BCUT2D eigenvalue weighted by Gasteiger charge is 2.44. The molecule has 9 rings (SSSR count). The SMILES string of the molecule is O=C(NCCc1cccc(CCNC(=O)NC2CCC(CCN3[C@@H]4CC[C@H]3c3ccccc34)CC2)c1)NC1CCC(CCN2[C@@H]3CC[C@H]2c2ccccc23)CC1.O=C(O)C(F)(F)F. The third-order valence-electron chi connectivity index (χ3n) is 15.0. The summed E-state index contributed by atoms with van der Waals surface area (Å²) in [6, 6.07) is 29.8. The van der Waals surface area contributed by atoms with Crippen LogP contribution >= 0.6 is 0 Å². The number of nitrogens with one attached hydrogen (secondary N) is 4. The molecule has 4 amide bonds. The first-order valence-corrected chi connectivity index (χ1v) is 23.7. The van der Waals surface area contributed by atoms with Gasteiger partial charge >= 0.3 is 24.2 Å². The molecule has 0 radical (unpaired) electrons. The van der Waals surface area contributed by atoms with Gasteiger partial charge in [0.1, 0.15) is 0 Å². The molecule has 63 heavy (non-hydrogen) atoms. The van der Waals surface area contributed by atoms with Crippen LogP contribution in [0.4, 0.5) is 22.8 Å². The summed E-state index contributed by atoms with van der Waals surface area (Å²) in [6.07, 6.45) is 13.5. The maximum absolute atomic E-state index is 12.8. The Morgan fingerprint density at radius 3 is 1.22 bits per heavy atom. The van der Waals surface area contributed by atoms with E-state index < -0.39 is 12.1 Å². The van der Waals surface area contributed by atoms with Crippen LogP contribution in [0.1, 0.15) is 147 Å². The molecular formula is C50H65F3N6O4. The molecule has 4 aliphatic heterocycles. The third-order valence-corrected chi connectivity index (χ3v) is 15.0. The third kappa shape index (κ3) is 11.2. The summed E-state index contributed by atoms with van der Waals surface area (Å²) in [5, 5.41) is 19.8. The predicted molar refractivity (Wildman–Crippen MR) is 237 cm³/mol. The van der Waals surface area contributed by atoms with Gasteiger partial charge in [-0.05, 0) is 161 Å². The minimum atomic E-state index is -5.08. The number of benzene rings is 3. The Hall–Kier alpha value is -4.62. The van der Waals surface area contributed by atoms with Crippen molar-refractivity contribution in [2.24, 2.45) is 11.8 Å². The highest BCUT2D eigenvalue weighted by atomic mass is 19.4. The smallest absolute Gasteiger partial charge is 0.475 e. The number of hydrogen-bond acceptors (Lipinski definition) is 5. The van der Waals surface area contributed by atoms with Crippen LogP contribution in [-0.2, 0) is 17.6 Å². The van der Waals surface area contributed by atoms with E-state index in [2.05, 4.69) is 104 Å². The van der Waals surface area contributed by atoms with Gasteiger partial charge in [-0.1, -0.05) is 72.8 Å². The maximum Gasteiger partial charge on any atom is 0.490 e. The van der Waals surface area contributed by atoms with E-state index in [9.17, 15) is 22.8 Å². The number of carboxylic acid groups (broad SMARTS) is 1. The lowest BCUT2D eigenvalue weighted by Crippen LogP contribution is -2.44. The molecule has 4 atom stereocenters. The molecule has 4 heterocycles. The Morgan fingerprint density at radius 1 is 0.540 bits per heavy atom. The Labute approximate surface area is 370 Å². The zero-order valence-electron chi connectivity index (χ0n) is 36.4. The van der Waals surface area contributed by atoms with Gasteiger partial charge in [0.05, 0.1) is 0 Å². The van der Waals surface area contributed by atoms with E-state index in [-0.39, 0.29) is 24.1 Å². The lowest BCUT2D eigenvalue weighted by Gasteiger charge is -2.31. The van der Waals surface area contributed by atoms with Crippen LogP contribution in [0, 0.1) is 11.8 Å². The molecule has 2 saturated carbocycles. The summed E-state index contributed by atoms with van der Waals surface area (Å²) in [5.74, 6) is -1.22. The molecule has 4 bridgehead atoms. The van der Waals surface area contributed by atoms with Crippen molar-refractivity contribution in [3.8, 4) is 0 Å². The van der Waals surface area contributed by atoms with Crippen LogP contribution in [0.3, 0.4) is 0 Å². The van der Waals surface area contributed by atoms with Crippen LogP contribution in [0.25, 0.3) is 0 Å². The molecule has 13 heteroatoms. The van der Waals surface area contributed by atoms with E-state index >= 15 is 0 Å². The highest BCUT2D eigenvalue weighted by Crippen LogP contribution is 2.54. The number of fused-ring (bicyclic) bond motifs is 10. The normalized spacial score (nSPS) is 27.2. The molecule has 5 N–H and O–H groups in total. The zero-order valence-corrected chi connectivity index (χ0v) is 36.4. The Morgan fingerprint density at radius 2 is 0.889 bits per heavy atom. The van der Waals surface area contributed by atoms with Gasteiger partial charge in [-0.25, -0.2) is 14.4 Å². The molecule has 2 aliphatic carbocycles. The fraction of sp³-hybridized carbons (Fsp3) is 0.580. The zero-order chi connectivity index (χ0) is 43.9. The van der Waals surface area contributed by atoms with Crippen LogP contribution in [0.5, 0.6) is 0 Å². The van der Waals surface area contributed by atoms with Crippen molar-refractivity contribution in [1.82, 2.24) is 31.1 Å². The van der Waals surface area contributed by atoms with Crippen molar-refractivity contribution in [2.45, 2.75) is 145 Å². The van der Waals surface area contributed by atoms with Gasteiger partial charge in [0.15, 0.2) is 0 Å². The van der Waals surface area contributed by atoms with Gasteiger partial charge < -0.3 is 26.4 Å². The van der Waals surface area contributed by atoms with Crippen LogP contribution in [0.2, 0.25) is 0 Å². The average Bonchev–Trinajstić information content (AvgIpc) is 4.04. The molecule has 340 valence electrons. The topological polar surface area (TPSA) is 126 Å². The first-order chi connectivity index (χ1) is 30.5. The van der Waals surface area contributed by atoms with Crippen molar-refractivity contribution >= 4 is 18.0 Å². The van der Waals surface area contributed by atoms with Gasteiger partial charge in [-0.2, -0.15) is 13.2 Å². The summed E-state index contributed by atoms with van der Waals surface area (Å²) in [6.45, 7) is 3.64. The first-order valence-electron chi connectivity index (χ1n) is 23.7. The number of halogens is 3. The van der Waals surface area contributed by atoms with E-state index in [0.717, 1.165) is 50.4 Å². The predicted octanol–water partition coefficient (Wildman–Crippen LogP) is 9.68. The van der Waals surface area contributed by atoms with Crippen molar-refractivity contribution in [2.75, 3.05) is 26.2 Å². The van der Waals surface area contributed by atoms with Gasteiger partial charge in [0.2, 0.25) is 0 Å². The summed E-state index contributed by atoms with van der Waals surface area (Å²) in [4.78, 5) is 40.0. The lowest BCUT2D eigenvalue weighted by molar-refractivity contribution is -0.192. The van der Waals surface area contributed by atoms with Gasteiger partial charge in [-0.15, -0.1) is 0 Å². The van der Waals surface area contributed by atoms with E-state index in [1.807, 2.05) is 0 Å². The van der Waals surface area contributed by atoms with E-state index in [1.54, 1.807) is 22.3 Å². The monoisotopic (exact) mass is 871 g/mol. The van der Waals surface area contributed by atoms with Crippen LogP contribution < -0.4 is 21.3 Å². The highest BCUT2D eigenvalue weighted by molar-refractivity contribution is 5.74. The average molecular weight is 871 g/mol. The molecule has 10 nitrogen and oxygen atoms in total. The lowest BCUT2D eigenvalue weighted by atomic mass is 9.84. The second-order valence-electron chi connectivity index (χ2n) is 18.9. The molecule has 0 aromatic heterocycles. The molecule has 3 aromatic rings. The minimum absolute atomic E-state index is 0.0418. The number of urea groups is 2. The summed E-state index contributed by atoms with van der Waals surface area (Å²) < 4.78 is 31.7. The van der Waals surface area contributed by atoms with Crippen molar-refractivity contribution in [1.29, 1.82) is 0 Å². The van der Waals surface area contributed by atoms with Crippen molar-refractivity contribution < 1.29 is 32.7 Å². The maximum atomic E-state index is 12.8. The molecular weight excluding hydrogens is 806 g/mol. The Bertz CT molecular complexity index is 1840. The number of amides is 4. The molecule has 4 fully saturated rings. The number of aliphatic carboxylic acids is 1. The first kappa shape index (κ1) is 45.0. The number of carboxylic acids is 1. The second kappa shape index (κ2) is 20.5. The molecule has 0 spiro atoms. The Balaban J connectivity index is 0.000000719. The Kier molecular flexibility index (Phi) is 14.6. The number of rotatable bonds is 14. The number of alkyl halides is 3. The largest absolute Gasteiger partial charge is 0.490 e. The molecule has 0 unspecified atom stereocenters. The summed E-state index contributed by atoms with van der Waals surface area (Å²) >= 11 is 0. The second-order valence-corrected chi connectivity index (χ2v) is 18.9. The van der Waals surface area contributed by atoms with Gasteiger partial charge in [0.25, 0.3) is 0 Å². The van der Waals surface area contributed by atoms with Gasteiger partial charge in [-0.3, -0.25) is 9.80 Å². The molecule has 6 aliphatic rings. The fourth-order valence-corrected chi connectivity index (χ4v) is 11.8. The number of carbonyl (C=O) groups is 3. The minimum Gasteiger partial charge on any atom is -0.475 e. The van der Waals surface area contributed by atoms with E-state index in [1.165, 1.54) is 88.4 Å². The van der Waals surface area contributed by atoms with Crippen molar-refractivity contribution in [3.05, 3.63) is 106 Å². The van der Waals surface area contributed by atoms with Gasteiger partial charge in [0, 0.05) is 49.3 Å². The summed E-state index contributed by atoms with van der Waals surface area (Å²) in [7, 11) is 0.